The molecule has 0 radical (unpaired) electrons. The van der Waals surface area contributed by atoms with Gasteiger partial charge in [0.25, 0.3) is 11.6 Å². The molecule has 1 aromatic carbocycles. The van der Waals surface area contributed by atoms with E-state index in [2.05, 4.69) is 0 Å². The highest BCUT2D eigenvalue weighted by Crippen LogP contribution is 2.36. The van der Waals surface area contributed by atoms with E-state index in [1.54, 1.807) is 18.2 Å². The molecule has 2 aliphatic rings. The molecule has 0 aliphatic carbocycles. The maximum atomic E-state index is 12.5. The highest BCUT2D eigenvalue weighted by Gasteiger charge is 2.42. The number of thioether (sulfide) groups is 1. The number of non-ortho nitro benzene ring substituents is 1. The predicted molar refractivity (Wildman–Crippen MR) is 95.2 cm³/mol. The molecule has 1 atom stereocenters. The van der Waals surface area contributed by atoms with Crippen LogP contribution in [0, 0.1) is 10.1 Å². The van der Waals surface area contributed by atoms with Gasteiger partial charge in [-0.3, -0.25) is 19.8 Å². The number of carbonyl (C=O) groups excluding carboxylic acids is 1. The third-order valence-corrected chi connectivity index (χ3v) is 6.88. The van der Waals surface area contributed by atoms with Crippen LogP contribution in [0.1, 0.15) is 12.0 Å². The largest absolute Gasteiger partial charge is 0.289 e. The van der Waals surface area contributed by atoms with Crippen LogP contribution in [0.15, 0.2) is 29.2 Å². The molecule has 2 heterocycles. The number of benzene rings is 1. The summed E-state index contributed by atoms with van der Waals surface area (Å²) in [6, 6.07) is 5.40. The topological polar surface area (TPSA) is 97.6 Å². The summed E-state index contributed by atoms with van der Waals surface area (Å²) >= 11 is 6.33. The van der Waals surface area contributed by atoms with E-state index in [-0.39, 0.29) is 23.1 Å². The van der Waals surface area contributed by atoms with Crippen LogP contribution in [0.5, 0.6) is 0 Å². The van der Waals surface area contributed by atoms with Crippen molar-refractivity contribution in [1.29, 1.82) is 0 Å². The summed E-state index contributed by atoms with van der Waals surface area (Å²) in [6.45, 7) is 0. The van der Waals surface area contributed by atoms with Crippen molar-refractivity contribution >= 4 is 55.8 Å². The van der Waals surface area contributed by atoms with E-state index in [1.165, 1.54) is 17.0 Å². The minimum atomic E-state index is -3.12. The van der Waals surface area contributed by atoms with Gasteiger partial charge in [-0.1, -0.05) is 24.0 Å². The quantitative estimate of drug-likeness (QED) is 0.340. The molecular formula is C14H12N2O5S3. The molecule has 10 heteroatoms. The van der Waals surface area contributed by atoms with Gasteiger partial charge in [0.1, 0.15) is 4.32 Å². The Morgan fingerprint density at radius 2 is 2.00 bits per heavy atom. The lowest BCUT2D eigenvalue weighted by molar-refractivity contribution is -0.384. The van der Waals surface area contributed by atoms with Gasteiger partial charge in [-0.05, 0) is 30.2 Å². The van der Waals surface area contributed by atoms with Gasteiger partial charge in [0.2, 0.25) is 0 Å². The second kappa shape index (κ2) is 6.26. The zero-order valence-corrected chi connectivity index (χ0v) is 14.7. The number of thiocarbonyl (C=S) groups is 1. The van der Waals surface area contributed by atoms with E-state index in [9.17, 15) is 23.3 Å². The number of nitro groups is 1. The van der Waals surface area contributed by atoms with Crippen LogP contribution >= 0.6 is 24.0 Å². The first kappa shape index (κ1) is 17.1. The van der Waals surface area contributed by atoms with Crippen molar-refractivity contribution in [3.8, 4) is 0 Å². The second-order valence-electron chi connectivity index (χ2n) is 5.46. The summed E-state index contributed by atoms with van der Waals surface area (Å²) in [7, 11) is -3.12. The van der Waals surface area contributed by atoms with Gasteiger partial charge >= 0.3 is 0 Å². The van der Waals surface area contributed by atoms with Crippen LogP contribution in [-0.4, -0.2) is 46.0 Å². The molecule has 126 valence electrons. The molecule has 1 amide bonds. The zero-order chi connectivity index (χ0) is 17.5. The highest BCUT2D eigenvalue weighted by molar-refractivity contribution is 8.26. The van der Waals surface area contributed by atoms with E-state index in [4.69, 9.17) is 12.2 Å². The number of hydrogen-bond donors (Lipinski definition) is 0. The molecule has 2 saturated heterocycles. The van der Waals surface area contributed by atoms with E-state index < -0.39 is 20.8 Å². The van der Waals surface area contributed by atoms with Crippen molar-refractivity contribution in [2.45, 2.75) is 12.5 Å². The molecule has 0 saturated carbocycles. The number of nitrogens with zero attached hydrogens (tertiary/aromatic N) is 2. The summed E-state index contributed by atoms with van der Waals surface area (Å²) in [6.07, 6.45) is 1.99. The number of sulfone groups is 1. The zero-order valence-electron chi connectivity index (χ0n) is 12.2. The van der Waals surface area contributed by atoms with Gasteiger partial charge < -0.3 is 0 Å². The molecule has 7 nitrogen and oxygen atoms in total. The minimum Gasteiger partial charge on any atom is -0.289 e. The molecule has 0 aromatic heterocycles. The first-order valence-corrected chi connectivity index (χ1v) is 10.0. The number of rotatable bonds is 3. The molecular weight excluding hydrogens is 372 g/mol. The number of amides is 1. The van der Waals surface area contributed by atoms with E-state index in [0.717, 1.165) is 11.8 Å². The SMILES string of the molecule is O=C1/C(=C/c2ccc([N+](=O)[O-])cc2)SC(=S)N1C1CCS(=O)(=O)C1. The molecule has 0 bridgehead atoms. The van der Waals surface area contributed by atoms with Crippen molar-refractivity contribution < 1.29 is 18.1 Å². The maximum Gasteiger partial charge on any atom is 0.269 e. The standard InChI is InChI=1S/C14H12N2O5S3/c17-13-12(7-9-1-3-10(4-2-9)16(18)19)23-14(22)15(13)11-5-6-24(20,21)8-11/h1-4,7,11H,5-6,8H2/b12-7-. The van der Waals surface area contributed by atoms with Gasteiger partial charge in [0.05, 0.1) is 27.4 Å². The van der Waals surface area contributed by atoms with E-state index >= 15 is 0 Å². The molecule has 2 fully saturated rings. The lowest BCUT2D eigenvalue weighted by Crippen LogP contribution is -2.39. The molecule has 3 rings (SSSR count). The first-order chi connectivity index (χ1) is 11.3. The second-order valence-corrected chi connectivity index (χ2v) is 9.36. The monoisotopic (exact) mass is 384 g/mol. The van der Waals surface area contributed by atoms with Crippen LogP contribution in [0.4, 0.5) is 5.69 Å². The van der Waals surface area contributed by atoms with E-state index in [1.807, 2.05) is 0 Å². The Morgan fingerprint density at radius 3 is 2.54 bits per heavy atom. The highest BCUT2D eigenvalue weighted by atomic mass is 32.2. The molecule has 1 aromatic rings. The summed E-state index contributed by atoms with van der Waals surface area (Å²) in [5, 5.41) is 10.7. The molecule has 24 heavy (non-hydrogen) atoms. The Labute approximate surface area is 147 Å². The average molecular weight is 384 g/mol. The van der Waals surface area contributed by atoms with E-state index in [0.29, 0.717) is 21.2 Å². The fourth-order valence-corrected chi connectivity index (χ4v) is 5.72. The summed E-state index contributed by atoms with van der Waals surface area (Å²) < 4.78 is 23.6. The predicted octanol–water partition coefficient (Wildman–Crippen LogP) is 1.98. The Balaban J connectivity index is 1.82. The molecule has 1 unspecified atom stereocenters. The van der Waals surface area contributed by atoms with Gasteiger partial charge in [-0.15, -0.1) is 0 Å². The third-order valence-electron chi connectivity index (χ3n) is 3.80. The van der Waals surface area contributed by atoms with Gasteiger partial charge in [0, 0.05) is 12.1 Å². The normalized spacial score (nSPS) is 24.8. The fourth-order valence-electron chi connectivity index (χ4n) is 2.62. The van der Waals surface area contributed by atoms with Crippen molar-refractivity contribution in [2.75, 3.05) is 11.5 Å². The van der Waals surface area contributed by atoms with Crippen molar-refractivity contribution in [2.24, 2.45) is 0 Å². The van der Waals surface area contributed by atoms with Crippen LogP contribution in [-0.2, 0) is 14.6 Å². The van der Waals surface area contributed by atoms with Gasteiger partial charge in [-0.2, -0.15) is 0 Å². The van der Waals surface area contributed by atoms with Crippen molar-refractivity contribution in [1.82, 2.24) is 4.90 Å². The van der Waals surface area contributed by atoms with Gasteiger partial charge in [-0.25, -0.2) is 8.42 Å². The minimum absolute atomic E-state index is 0.0316. The number of hydrogen-bond acceptors (Lipinski definition) is 7. The molecule has 0 spiro atoms. The number of nitro benzene ring substituents is 1. The fraction of sp³-hybridized carbons (Fsp3) is 0.286. The lowest BCUT2D eigenvalue weighted by Gasteiger charge is -2.20. The smallest absolute Gasteiger partial charge is 0.269 e. The van der Waals surface area contributed by atoms with Crippen molar-refractivity contribution in [3.05, 3.63) is 44.8 Å². The first-order valence-electron chi connectivity index (χ1n) is 6.99. The summed E-state index contributed by atoms with van der Waals surface area (Å²) in [5.41, 5.74) is 0.607. The summed E-state index contributed by atoms with van der Waals surface area (Å²) in [4.78, 5) is 24.5. The molecule has 2 aliphatic heterocycles. The number of carbonyl (C=O) groups is 1. The average Bonchev–Trinajstić information content (AvgIpc) is 2.99. The van der Waals surface area contributed by atoms with Crippen molar-refractivity contribution in [3.63, 3.8) is 0 Å². The molecule has 0 N–H and O–H groups in total. The Bertz CT molecular complexity index is 861. The van der Waals surface area contributed by atoms with Crippen LogP contribution < -0.4 is 0 Å². The summed E-state index contributed by atoms with van der Waals surface area (Å²) in [5.74, 6) is -0.314. The lowest BCUT2D eigenvalue weighted by atomic mass is 10.2. The Morgan fingerprint density at radius 1 is 1.33 bits per heavy atom. The maximum absolute atomic E-state index is 12.5. The Kier molecular flexibility index (Phi) is 4.45. The van der Waals surface area contributed by atoms with Gasteiger partial charge in [0.15, 0.2) is 9.84 Å². The van der Waals surface area contributed by atoms with Crippen LogP contribution in [0.25, 0.3) is 6.08 Å². The third kappa shape index (κ3) is 3.35. The van der Waals surface area contributed by atoms with Crippen LogP contribution in [0.3, 0.4) is 0 Å². The van der Waals surface area contributed by atoms with Crippen LogP contribution in [0.2, 0.25) is 0 Å². The Hall–Kier alpha value is -1.78.